The molecule has 11 nitrogen and oxygen atoms in total. The Labute approximate surface area is 282 Å². The zero-order valence-electron chi connectivity index (χ0n) is 26.8. The molecule has 3 aromatic heterocycles. The molecule has 3 N–H and O–H groups in total. The van der Waals surface area contributed by atoms with E-state index in [9.17, 15) is 18.3 Å². The summed E-state index contributed by atoms with van der Waals surface area (Å²) in [6.45, 7) is 11.1. The normalized spacial score (nSPS) is 12.6. The highest BCUT2D eigenvalue weighted by atomic mass is 79.9. The van der Waals surface area contributed by atoms with Crippen LogP contribution >= 0.6 is 15.9 Å². The fraction of sp³-hybridized carbons (Fsp3) is 0.294. The van der Waals surface area contributed by atoms with Gasteiger partial charge in [-0.05, 0) is 83.1 Å². The standard InChI is InChI=1S/C34H37BrN6O5S/c1-21-9-6-10-22(2)30(21)28-16-29(39-33(38-28)40-47(44,45)26-12-7-11-23(15-26)32(42)43)46-20-24(17-34(3,4)5)36-18-25-19-41-14-8-13-27(35)31(41)37-25/h6-16,19,24,36H,17-18,20H2,1-5H3,(H,42,43)(H,38,39,40). The number of halogens is 1. The van der Waals surface area contributed by atoms with Crippen LogP contribution in [-0.4, -0.2) is 51.5 Å². The molecule has 1 atom stereocenters. The molecule has 0 aliphatic heterocycles. The third-order valence-corrected chi connectivity index (χ3v) is 9.35. The van der Waals surface area contributed by atoms with Gasteiger partial charge in [0.25, 0.3) is 10.0 Å². The molecule has 0 saturated carbocycles. The van der Waals surface area contributed by atoms with Crippen LogP contribution in [0.25, 0.3) is 16.9 Å². The topological polar surface area (TPSA) is 148 Å². The predicted molar refractivity (Wildman–Crippen MR) is 184 cm³/mol. The molecule has 0 amide bonds. The second-order valence-electron chi connectivity index (χ2n) is 12.6. The summed E-state index contributed by atoms with van der Waals surface area (Å²) in [4.78, 5) is 25.0. The Kier molecular flexibility index (Phi) is 9.99. The van der Waals surface area contributed by atoms with Gasteiger partial charge < -0.3 is 19.6 Å². The average Bonchev–Trinajstić information content (AvgIpc) is 3.42. The maximum atomic E-state index is 13.4. The maximum Gasteiger partial charge on any atom is 0.335 e. The van der Waals surface area contributed by atoms with Gasteiger partial charge in [0.05, 0.1) is 26.3 Å². The number of aromatic nitrogens is 4. The quantitative estimate of drug-likeness (QED) is 0.129. The van der Waals surface area contributed by atoms with Gasteiger partial charge in [0, 0.05) is 36.6 Å². The number of sulfonamides is 1. The maximum absolute atomic E-state index is 13.4. The zero-order valence-corrected chi connectivity index (χ0v) is 29.2. The summed E-state index contributed by atoms with van der Waals surface area (Å²) in [5.74, 6) is -1.25. The Morgan fingerprint density at radius 3 is 2.43 bits per heavy atom. The minimum atomic E-state index is -4.23. The molecule has 2 aromatic carbocycles. The summed E-state index contributed by atoms with van der Waals surface area (Å²) < 4.78 is 38.3. The highest BCUT2D eigenvalue weighted by Gasteiger charge is 2.23. The molecule has 13 heteroatoms. The highest BCUT2D eigenvalue weighted by molar-refractivity contribution is 9.10. The number of rotatable bonds is 12. The molecular weight excluding hydrogens is 684 g/mol. The van der Waals surface area contributed by atoms with Gasteiger partial charge in [-0.1, -0.05) is 45.0 Å². The molecule has 0 saturated heterocycles. The number of pyridine rings is 1. The number of hydrogen-bond donors (Lipinski definition) is 3. The minimum Gasteiger partial charge on any atom is -0.478 e. The van der Waals surface area contributed by atoms with Crippen molar-refractivity contribution in [2.45, 2.75) is 58.5 Å². The second-order valence-corrected chi connectivity index (χ2v) is 15.1. The van der Waals surface area contributed by atoms with Crippen LogP contribution in [0.5, 0.6) is 5.88 Å². The molecular formula is C34H37BrN6O5S. The van der Waals surface area contributed by atoms with E-state index in [0.717, 1.165) is 45.0 Å². The number of imidazole rings is 1. The number of aryl methyl sites for hydroxylation is 2. The van der Waals surface area contributed by atoms with Crippen LogP contribution in [0, 0.1) is 19.3 Å². The number of carboxylic acids is 1. The Hall–Kier alpha value is -4.33. The number of carbonyl (C=O) groups is 1. The van der Waals surface area contributed by atoms with Crippen LogP contribution in [0.2, 0.25) is 0 Å². The predicted octanol–water partition coefficient (Wildman–Crippen LogP) is 6.64. The van der Waals surface area contributed by atoms with Crippen molar-refractivity contribution in [2.24, 2.45) is 5.41 Å². The minimum absolute atomic E-state index is 0.0245. The van der Waals surface area contributed by atoms with Crippen LogP contribution in [0.15, 0.2) is 82.4 Å². The van der Waals surface area contributed by atoms with Gasteiger partial charge in [-0.15, -0.1) is 0 Å². The van der Waals surface area contributed by atoms with Crippen LogP contribution in [-0.2, 0) is 16.6 Å². The fourth-order valence-electron chi connectivity index (χ4n) is 5.35. The average molecular weight is 722 g/mol. The lowest BCUT2D eigenvalue weighted by atomic mass is 9.88. The molecule has 47 heavy (non-hydrogen) atoms. The van der Waals surface area contributed by atoms with Crippen LogP contribution in [0.4, 0.5) is 5.95 Å². The van der Waals surface area contributed by atoms with E-state index in [-0.39, 0.29) is 40.4 Å². The number of fused-ring (bicyclic) bond motifs is 1. The van der Waals surface area contributed by atoms with E-state index in [1.165, 1.54) is 18.2 Å². The molecule has 0 aliphatic carbocycles. The van der Waals surface area contributed by atoms with Gasteiger partial charge in [-0.3, -0.25) is 0 Å². The number of ether oxygens (including phenoxy) is 1. The first-order valence-corrected chi connectivity index (χ1v) is 17.3. The Morgan fingerprint density at radius 2 is 1.74 bits per heavy atom. The molecule has 0 fully saturated rings. The molecule has 0 aliphatic rings. The molecule has 5 rings (SSSR count). The van der Waals surface area contributed by atoms with Gasteiger partial charge in [-0.25, -0.2) is 27.9 Å². The molecule has 5 aromatic rings. The Bertz CT molecular complexity index is 2020. The fourth-order valence-corrected chi connectivity index (χ4v) is 6.78. The first-order valence-electron chi connectivity index (χ1n) is 15.0. The molecule has 0 bridgehead atoms. The Morgan fingerprint density at radius 1 is 1.02 bits per heavy atom. The van der Waals surface area contributed by atoms with Gasteiger partial charge in [0.1, 0.15) is 6.61 Å². The molecule has 0 spiro atoms. The summed E-state index contributed by atoms with van der Waals surface area (Å²) >= 11 is 3.56. The van der Waals surface area contributed by atoms with Crippen molar-refractivity contribution in [1.82, 2.24) is 24.7 Å². The molecule has 3 heterocycles. The van der Waals surface area contributed by atoms with E-state index in [2.05, 4.69) is 56.7 Å². The summed E-state index contributed by atoms with van der Waals surface area (Å²) in [6, 6.07) is 16.4. The van der Waals surface area contributed by atoms with E-state index >= 15 is 0 Å². The van der Waals surface area contributed by atoms with E-state index in [0.29, 0.717) is 12.2 Å². The van der Waals surface area contributed by atoms with Gasteiger partial charge in [0.15, 0.2) is 5.65 Å². The van der Waals surface area contributed by atoms with Crippen molar-refractivity contribution in [3.63, 3.8) is 0 Å². The largest absolute Gasteiger partial charge is 0.478 e. The van der Waals surface area contributed by atoms with E-state index in [4.69, 9.17) is 9.72 Å². The number of anilines is 1. The first-order chi connectivity index (χ1) is 22.2. The summed E-state index contributed by atoms with van der Waals surface area (Å²) in [5, 5.41) is 12.9. The number of benzene rings is 2. The highest BCUT2D eigenvalue weighted by Crippen LogP contribution is 2.30. The van der Waals surface area contributed by atoms with Crippen LogP contribution < -0.4 is 14.8 Å². The molecule has 1 unspecified atom stereocenters. The lowest BCUT2D eigenvalue weighted by Crippen LogP contribution is -2.37. The van der Waals surface area contributed by atoms with Crippen molar-refractivity contribution in [1.29, 1.82) is 0 Å². The van der Waals surface area contributed by atoms with Crippen LogP contribution in [0.1, 0.15) is 54.4 Å². The number of nitrogens with zero attached hydrogens (tertiary/aromatic N) is 4. The van der Waals surface area contributed by atoms with Gasteiger partial charge in [-0.2, -0.15) is 4.98 Å². The van der Waals surface area contributed by atoms with E-state index in [1.54, 1.807) is 6.07 Å². The third-order valence-electron chi connectivity index (χ3n) is 7.40. The lowest BCUT2D eigenvalue weighted by Gasteiger charge is -2.26. The second kappa shape index (κ2) is 13.8. The van der Waals surface area contributed by atoms with Crippen molar-refractivity contribution in [3.8, 4) is 17.1 Å². The summed E-state index contributed by atoms with van der Waals surface area (Å²) in [7, 11) is -4.23. The molecule has 246 valence electrons. The monoisotopic (exact) mass is 720 g/mol. The third kappa shape index (κ3) is 8.53. The van der Waals surface area contributed by atoms with Crippen molar-refractivity contribution in [3.05, 3.63) is 99.9 Å². The Balaban J connectivity index is 1.44. The van der Waals surface area contributed by atoms with Gasteiger partial charge in [0.2, 0.25) is 11.8 Å². The number of hydrogen-bond acceptors (Lipinski definition) is 8. The first kappa shape index (κ1) is 34.0. The zero-order chi connectivity index (χ0) is 33.9. The number of carboxylic acid groups (broad SMARTS) is 1. The van der Waals surface area contributed by atoms with Crippen molar-refractivity contribution < 1.29 is 23.1 Å². The number of aromatic carboxylic acids is 1. The summed E-state index contributed by atoms with van der Waals surface area (Å²) in [5.41, 5.74) is 4.73. The number of nitrogens with one attached hydrogen (secondary N) is 2. The molecule has 0 radical (unpaired) electrons. The van der Waals surface area contributed by atoms with Crippen molar-refractivity contribution in [2.75, 3.05) is 11.3 Å². The van der Waals surface area contributed by atoms with E-state index < -0.39 is 16.0 Å². The summed E-state index contributed by atoms with van der Waals surface area (Å²) in [6.07, 6.45) is 4.70. The lowest BCUT2D eigenvalue weighted by molar-refractivity contribution is 0.0696. The van der Waals surface area contributed by atoms with E-state index in [1.807, 2.05) is 61.0 Å². The van der Waals surface area contributed by atoms with Gasteiger partial charge >= 0.3 is 5.97 Å². The SMILES string of the molecule is Cc1cccc(C)c1-c1cc(OCC(CC(C)(C)C)NCc2cn3cccc(Br)c3n2)nc(NS(=O)(=O)c2cccc(C(=O)O)c2)n1. The smallest absolute Gasteiger partial charge is 0.335 e. The van der Waals surface area contributed by atoms with Crippen LogP contribution in [0.3, 0.4) is 0 Å². The van der Waals surface area contributed by atoms with Crippen molar-refractivity contribution >= 4 is 43.5 Å².